The van der Waals surface area contributed by atoms with Crippen LogP contribution in [0.4, 0.5) is 0 Å². The molecule has 2 heteroatoms. The van der Waals surface area contributed by atoms with Crippen molar-refractivity contribution < 1.29 is 0 Å². The zero-order valence-corrected chi connectivity index (χ0v) is 12.1. The number of nitrogens with two attached hydrogens (primary N) is 1. The van der Waals surface area contributed by atoms with Gasteiger partial charge in [0, 0.05) is 17.0 Å². The van der Waals surface area contributed by atoms with Crippen LogP contribution in [0.15, 0.2) is 0 Å². The van der Waals surface area contributed by atoms with Crippen LogP contribution >= 0.6 is 11.8 Å². The highest BCUT2D eigenvalue weighted by Crippen LogP contribution is 2.35. The van der Waals surface area contributed by atoms with Crippen LogP contribution in [0, 0.1) is 11.8 Å². The average molecular weight is 243 g/mol. The van der Waals surface area contributed by atoms with Gasteiger partial charge in [0.15, 0.2) is 0 Å². The molecular weight excluding hydrogens is 214 g/mol. The van der Waals surface area contributed by atoms with Crippen LogP contribution in [-0.2, 0) is 0 Å². The summed E-state index contributed by atoms with van der Waals surface area (Å²) in [5, 5.41) is 0.773. The van der Waals surface area contributed by atoms with Gasteiger partial charge in [-0.25, -0.2) is 0 Å². The van der Waals surface area contributed by atoms with Crippen molar-refractivity contribution in [1.29, 1.82) is 0 Å². The Balaban J connectivity index is 2.35. The molecule has 0 heterocycles. The van der Waals surface area contributed by atoms with Gasteiger partial charge >= 0.3 is 0 Å². The van der Waals surface area contributed by atoms with Crippen LogP contribution in [0.25, 0.3) is 0 Å². The largest absolute Gasteiger partial charge is 0.327 e. The molecule has 0 saturated heterocycles. The Morgan fingerprint density at radius 1 is 1.25 bits per heavy atom. The summed E-state index contributed by atoms with van der Waals surface area (Å²) in [7, 11) is 0. The highest BCUT2D eigenvalue weighted by atomic mass is 32.2. The van der Waals surface area contributed by atoms with Gasteiger partial charge in [-0.2, -0.15) is 11.8 Å². The van der Waals surface area contributed by atoms with Crippen molar-refractivity contribution in [2.24, 2.45) is 17.6 Å². The fourth-order valence-electron chi connectivity index (χ4n) is 2.82. The van der Waals surface area contributed by atoms with Crippen LogP contribution in [0.3, 0.4) is 0 Å². The van der Waals surface area contributed by atoms with Crippen LogP contribution in [0.5, 0.6) is 0 Å². The van der Waals surface area contributed by atoms with E-state index in [1.807, 2.05) is 0 Å². The van der Waals surface area contributed by atoms with Crippen molar-refractivity contribution >= 4 is 11.8 Å². The molecule has 4 unspecified atom stereocenters. The Bertz CT molecular complexity index is 184. The van der Waals surface area contributed by atoms with Crippen molar-refractivity contribution in [3.05, 3.63) is 0 Å². The van der Waals surface area contributed by atoms with Gasteiger partial charge in [0.2, 0.25) is 0 Å². The maximum Gasteiger partial charge on any atom is 0.0161 e. The van der Waals surface area contributed by atoms with Crippen LogP contribution in [0.2, 0.25) is 0 Å². The summed E-state index contributed by atoms with van der Waals surface area (Å²) in [6.45, 7) is 6.91. The topological polar surface area (TPSA) is 26.0 Å². The lowest BCUT2D eigenvalue weighted by Crippen LogP contribution is -2.39. The van der Waals surface area contributed by atoms with Gasteiger partial charge in [0.25, 0.3) is 0 Å². The smallest absolute Gasteiger partial charge is 0.0161 e. The standard InChI is InChI=1S/C14H29NS/c1-4-11(3)16-10-14(15)13-9-7-6-8-12(13)5-2/h11-14H,4-10,15H2,1-3H3. The van der Waals surface area contributed by atoms with E-state index in [-0.39, 0.29) is 0 Å². The zero-order valence-electron chi connectivity index (χ0n) is 11.2. The Morgan fingerprint density at radius 2 is 1.94 bits per heavy atom. The lowest BCUT2D eigenvalue weighted by atomic mass is 9.75. The highest BCUT2D eigenvalue weighted by Gasteiger charge is 2.28. The molecule has 2 N–H and O–H groups in total. The average Bonchev–Trinajstić information content (AvgIpc) is 2.35. The quantitative estimate of drug-likeness (QED) is 0.761. The molecule has 0 aliphatic heterocycles. The van der Waals surface area contributed by atoms with Crippen LogP contribution in [-0.4, -0.2) is 17.0 Å². The fraction of sp³-hybridized carbons (Fsp3) is 1.00. The van der Waals surface area contributed by atoms with Crippen molar-refractivity contribution in [2.45, 2.75) is 70.6 Å². The minimum absolute atomic E-state index is 0.434. The molecule has 0 radical (unpaired) electrons. The minimum Gasteiger partial charge on any atom is -0.327 e. The molecular formula is C14H29NS. The number of hydrogen-bond acceptors (Lipinski definition) is 2. The summed E-state index contributed by atoms with van der Waals surface area (Å²) in [6, 6.07) is 0.434. The van der Waals surface area contributed by atoms with E-state index in [0.29, 0.717) is 6.04 Å². The Morgan fingerprint density at radius 3 is 2.56 bits per heavy atom. The molecule has 1 saturated carbocycles. The molecule has 0 bridgehead atoms. The molecule has 1 aliphatic carbocycles. The van der Waals surface area contributed by atoms with Crippen molar-refractivity contribution in [3.8, 4) is 0 Å². The van der Waals surface area contributed by atoms with Gasteiger partial charge in [0.05, 0.1) is 0 Å². The van der Waals surface area contributed by atoms with E-state index >= 15 is 0 Å². The summed E-state index contributed by atoms with van der Waals surface area (Å²) in [4.78, 5) is 0. The summed E-state index contributed by atoms with van der Waals surface area (Å²) in [5.41, 5.74) is 6.40. The van der Waals surface area contributed by atoms with Gasteiger partial charge in [-0.05, 0) is 24.7 Å². The molecule has 1 aliphatic rings. The van der Waals surface area contributed by atoms with Gasteiger partial charge in [0.1, 0.15) is 0 Å². The molecule has 0 amide bonds. The van der Waals surface area contributed by atoms with Crippen LogP contribution in [0.1, 0.15) is 59.3 Å². The van der Waals surface area contributed by atoms with Crippen molar-refractivity contribution in [3.63, 3.8) is 0 Å². The van der Waals surface area contributed by atoms with E-state index in [2.05, 4.69) is 32.5 Å². The van der Waals surface area contributed by atoms with Crippen molar-refractivity contribution in [1.82, 2.24) is 0 Å². The maximum atomic E-state index is 6.40. The lowest BCUT2D eigenvalue weighted by Gasteiger charge is -2.35. The number of rotatable bonds is 6. The second-order valence-electron chi connectivity index (χ2n) is 5.33. The third kappa shape index (κ3) is 4.29. The van der Waals surface area contributed by atoms with Gasteiger partial charge in [-0.3, -0.25) is 0 Å². The van der Waals surface area contributed by atoms with E-state index in [0.717, 1.165) is 22.8 Å². The summed E-state index contributed by atoms with van der Waals surface area (Å²) in [6.07, 6.45) is 8.22. The maximum absolute atomic E-state index is 6.40. The zero-order chi connectivity index (χ0) is 12.0. The SMILES string of the molecule is CCC(C)SCC(N)C1CCCCC1CC. The van der Waals surface area contributed by atoms with Crippen molar-refractivity contribution in [2.75, 3.05) is 5.75 Å². The first kappa shape index (κ1) is 14.4. The Hall–Kier alpha value is 0.310. The molecule has 96 valence electrons. The van der Waals surface area contributed by atoms with E-state index in [1.54, 1.807) is 0 Å². The summed E-state index contributed by atoms with van der Waals surface area (Å²) < 4.78 is 0. The molecule has 0 aromatic heterocycles. The normalized spacial score (nSPS) is 30.0. The molecule has 1 rings (SSSR count). The summed E-state index contributed by atoms with van der Waals surface area (Å²) >= 11 is 2.07. The van der Waals surface area contributed by atoms with E-state index in [1.165, 1.54) is 38.5 Å². The van der Waals surface area contributed by atoms with Gasteiger partial charge < -0.3 is 5.73 Å². The highest BCUT2D eigenvalue weighted by molar-refractivity contribution is 7.99. The number of thioether (sulfide) groups is 1. The summed E-state index contributed by atoms with van der Waals surface area (Å²) in [5.74, 6) is 2.87. The van der Waals surface area contributed by atoms with Gasteiger partial charge in [-0.15, -0.1) is 0 Å². The second-order valence-corrected chi connectivity index (χ2v) is 6.80. The first-order chi connectivity index (χ1) is 7.69. The second kappa shape index (κ2) is 7.60. The van der Waals surface area contributed by atoms with E-state index in [9.17, 15) is 0 Å². The molecule has 16 heavy (non-hydrogen) atoms. The molecule has 1 fully saturated rings. The minimum atomic E-state index is 0.434. The predicted molar refractivity (Wildman–Crippen MR) is 75.9 cm³/mol. The van der Waals surface area contributed by atoms with Gasteiger partial charge in [-0.1, -0.05) is 46.5 Å². The Kier molecular flexibility index (Phi) is 6.83. The monoisotopic (exact) mass is 243 g/mol. The number of hydrogen-bond donors (Lipinski definition) is 1. The van der Waals surface area contributed by atoms with E-state index in [4.69, 9.17) is 5.73 Å². The third-order valence-electron chi connectivity index (χ3n) is 4.19. The molecule has 4 atom stereocenters. The molecule has 0 aromatic rings. The lowest BCUT2D eigenvalue weighted by molar-refractivity contribution is 0.205. The molecule has 0 aromatic carbocycles. The first-order valence-corrected chi connectivity index (χ1v) is 8.11. The van der Waals surface area contributed by atoms with E-state index < -0.39 is 0 Å². The predicted octanol–water partition coefficient (Wildman–Crippen LogP) is 4.06. The first-order valence-electron chi connectivity index (χ1n) is 7.06. The molecule has 1 nitrogen and oxygen atoms in total. The third-order valence-corrected chi connectivity index (χ3v) is 5.67. The fourth-order valence-corrected chi connectivity index (χ4v) is 3.86. The molecule has 0 spiro atoms. The van der Waals surface area contributed by atoms with Crippen LogP contribution < -0.4 is 5.73 Å². The Labute approximate surface area is 106 Å².